The van der Waals surface area contributed by atoms with Gasteiger partial charge in [0.2, 0.25) is 0 Å². The van der Waals surface area contributed by atoms with Crippen LogP contribution < -0.4 is 0 Å². The van der Waals surface area contributed by atoms with Crippen LogP contribution in [-0.4, -0.2) is 21.9 Å². The molecule has 0 fully saturated rings. The Morgan fingerprint density at radius 2 is 2.05 bits per heavy atom. The van der Waals surface area contributed by atoms with Crippen molar-refractivity contribution >= 4 is 21.6 Å². The summed E-state index contributed by atoms with van der Waals surface area (Å²) in [6, 6.07) is 8.80. The van der Waals surface area contributed by atoms with Crippen molar-refractivity contribution in [2.24, 2.45) is 0 Å². The van der Waals surface area contributed by atoms with Gasteiger partial charge in [-0.15, -0.1) is 11.3 Å². The molecule has 20 heavy (non-hydrogen) atoms. The summed E-state index contributed by atoms with van der Waals surface area (Å²) >= 11 is 1.74. The lowest BCUT2D eigenvalue weighted by molar-refractivity contribution is 0.253. The van der Waals surface area contributed by atoms with Gasteiger partial charge in [0.15, 0.2) is 0 Å². The minimum Gasteiger partial charge on any atom is -0.295 e. The van der Waals surface area contributed by atoms with Crippen LogP contribution in [0.25, 0.3) is 10.2 Å². The van der Waals surface area contributed by atoms with Crippen molar-refractivity contribution in [1.29, 1.82) is 0 Å². The molecular weight excluding hydrogens is 266 g/mol. The lowest BCUT2D eigenvalue weighted by Crippen LogP contribution is -2.21. The molecule has 0 N–H and O–H groups in total. The standard InChI is InChI=1S/C16H17N3S/c1-12(14-3-6-17-7-4-14)19(2)11-13-9-16-15(18-10-13)5-8-20-16/h3-10,12H,11H2,1-2H3/t12-/m1/s1. The number of aromatic nitrogens is 2. The number of rotatable bonds is 4. The van der Waals surface area contributed by atoms with Crippen LogP contribution in [0.2, 0.25) is 0 Å². The van der Waals surface area contributed by atoms with E-state index in [-0.39, 0.29) is 0 Å². The van der Waals surface area contributed by atoms with E-state index >= 15 is 0 Å². The summed E-state index contributed by atoms with van der Waals surface area (Å²) in [6.07, 6.45) is 5.67. The van der Waals surface area contributed by atoms with Crippen molar-refractivity contribution in [3.8, 4) is 0 Å². The number of hydrogen-bond donors (Lipinski definition) is 0. The minimum atomic E-state index is 0.358. The van der Waals surface area contributed by atoms with Crippen LogP contribution in [0.3, 0.4) is 0 Å². The Bertz CT molecular complexity index is 693. The molecule has 0 spiro atoms. The third-order valence-electron chi connectivity index (χ3n) is 3.64. The van der Waals surface area contributed by atoms with E-state index in [4.69, 9.17) is 0 Å². The summed E-state index contributed by atoms with van der Waals surface area (Å²) < 4.78 is 1.26. The highest BCUT2D eigenvalue weighted by Crippen LogP contribution is 2.23. The maximum absolute atomic E-state index is 4.50. The van der Waals surface area contributed by atoms with Crippen LogP contribution in [0.15, 0.2) is 48.2 Å². The first-order valence-electron chi connectivity index (χ1n) is 6.66. The molecule has 0 saturated carbocycles. The van der Waals surface area contributed by atoms with Gasteiger partial charge in [-0.3, -0.25) is 14.9 Å². The van der Waals surface area contributed by atoms with Crippen LogP contribution in [0.1, 0.15) is 24.1 Å². The number of fused-ring (bicyclic) bond motifs is 1. The Balaban J connectivity index is 1.76. The summed E-state index contributed by atoms with van der Waals surface area (Å²) in [6.45, 7) is 3.11. The van der Waals surface area contributed by atoms with E-state index in [9.17, 15) is 0 Å². The SMILES string of the molecule is C[C@H](c1ccncc1)N(C)Cc1cnc2ccsc2c1. The highest BCUT2D eigenvalue weighted by molar-refractivity contribution is 7.17. The van der Waals surface area contributed by atoms with Crippen molar-refractivity contribution in [3.63, 3.8) is 0 Å². The third-order valence-corrected chi connectivity index (χ3v) is 4.49. The Hall–Kier alpha value is -1.78. The molecule has 3 rings (SSSR count). The zero-order chi connectivity index (χ0) is 13.9. The third kappa shape index (κ3) is 2.71. The predicted octanol–water partition coefficient (Wildman–Crippen LogP) is 3.88. The molecule has 0 unspecified atom stereocenters. The molecule has 3 nitrogen and oxygen atoms in total. The fourth-order valence-corrected chi connectivity index (χ4v) is 3.10. The summed E-state index contributed by atoms with van der Waals surface area (Å²) in [5, 5.41) is 2.09. The Labute approximate surface area is 122 Å². The second kappa shape index (κ2) is 5.69. The highest BCUT2D eigenvalue weighted by atomic mass is 32.1. The molecule has 0 amide bonds. The Morgan fingerprint density at radius 1 is 1.25 bits per heavy atom. The van der Waals surface area contributed by atoms with Gasteiger partial charge < -0.3 is 0 Å². The predicted molar refractivity (Wildman–Crippen MR) is 83.7 cm³/mol. The molecule has 0 aliphatic rings. The van der Waals surface area contributed by atoms with Gasteiger partial charge in [0, 0.05) is 31.2 Å². The van der Waals surface area contributed by atoms with Crippen molar-refractivity contribution in [3.05, 3.63) is 59.4 Å². The first kappa shape index (κ1) is 13.2. The van der Waals surface area contributed by atoms with Gasteiger partial charge >= 0.3 is 0 Å². The zero-order valence-corrected chi connectivity index (χ0v) is 12.5. The molecule has 1 atom stereocenters. The van der Waals surface area contributed by atoms with Gasteiger partial charge in [-0.1, -0.05) is 0 Å². The maximum atomic E-state index is 4.50. The van der Waals surface area contributed by atoms with E-state index < -0.39 is 0 Å². The van der Waals surface area contributed by atoms with Crippen molar-refractivity contribution in [2.75, 3.05) is 7.05 Å². The molecule has 3 aromatic rings. The normalized spacial score (nSPS) is 12.9. The minimum absolute atomic E-state index is 0.358. The molecule has 4 heteroatoms. The van der Waals surface area contributed by atoms with Gasteiger partial charge in [0.05, 0.1) is 10.2 Å². The van der Waals surface area contributed by atoms with Crippen LogP contribution in [0.5, 0.6) is 0 Å². The topological polar surface area (TPSA) is 29.0 Å². The van der Waals surface area contributed by atoms with E-state index in [1.54, 1.807) is 11.3 Å². The maximum Gasteiger partial charge on any atom is 0.0809 e. The largest absolute Gasteiger partial charge is 0.295 e. The summed E-state index contributed by atoms with van der Waals surface area (Å²) in [5.41, 5.74) is 3.62. The number of thiophene rings is 1. The van der Waals surface area contributed by atoms with Crippen LogP contribution in [0, 0.1) is 0 Å². The number of hydrogen-bond acceptors (Lipinski definition) is 4. The zero-order valence-electron chi connectivity index (χ0n) is 11.7. The van der Waals surface area contributed by atoms with Crippen molar-refractivity contribution in [1.82, 2.24) is 14.9 Å². The van der Waals surface area contributed by atoms with E-state index in [0.29, 0.717) is 6.04 Å². The average molecular weight is 283 g/mol. The van der Waals surface area contributed by atoms with Crippen LogP contribution in [-0.2, 0) is 6.54 Å². The number of pyridine rings is 2. The van der Waals surface area contributed by atoms with E-state index in [0.717, 1.165) is 12.1 Å². The fourth-order valence-electron chi connectivity index (χ4n) is 2.29. The molecule has 0 bridgehead atoms. The molecule has 0 saturated heterocycles. The Kier molecular flexibility index (Phi) is 3.76. The summed E-state index contributed by atoms with van der Waals surface area (Å²) in [7, 11) is 2.14. The van der Waals surface area contributed by atoms with E-state index in [1.165, 1.54) is 15.8 Å². The molecule has 0 aliphatic carbocycles. The molecule has 102 valence electrons. The Morgan fingerprint density at radius 3 is 2.85 bits per heavy atom. The summed E-state index contributed by atoms with van der Waals surface area (Å²) in [5.74, 6) is 0. The van der Waals surface area contributed by atoms with Crippen LogP contribution in [0.4, 0.5) is 0 Å². The fraction of sp³-hybridized carbons (Fsp3) is 0.250. The molecule has 3 heterocycles. The molecular formula is C16H17N3S. The lowest BCUT2D eigenvalue weighted by Gasteiger charge is -2.24. The van der Waals surface area contributed by atoms with Gasteiger partial charge in [-0.2, -0.15) is 0 Å². The highest BCUT2D eigenvalue weighted by Gasteiger charge is 2.12. The van der Waals surface area contributed by atoms with Gasteiger partial charge in [-0.05, 0) is 54.7 Å². The second-order valence-corrected chi connectivity index (χ2v) is 5.97. The molecule has 0 radical (unpaired) electrons. The molecule has 0 aromatic carbocycles. The van der Waals surface area contributed by atoms with E-state index in [1.807, 2.05) is 18.6 Å². The second-order valence-electron chi connectivity index (χ2n) is 5.02. The van der Waals surface area contributed by atoms with Crippen molar-refractivity contribution < 1.29 is 0 Å². The summed E-state index contributed by atoms with van der Waals surface area (Å²) in [4.78, 5) is 10.9. The van der Waals surface area contributed by atoms with Crippen LogP contribution >= 0.6 is 11.3 Å². The van der Waals surface area contributed by atoms with Gasteiger partial charge in [0.25, 0.3) is 0 Å². The van der Waals surface area contributed by atoms with Gasteiger partial charge in [0.1, 0.15) is 0 Å². The first-order valence-corrected chi connectivity index (χ1v) is 7.54. The monoisotopic (exact) mass is 283 g/mol. The smallest absolute Gasteiger partial charge is 0.0809 e. The molecule has 3 aromatic heterocycles. The number of nitrogens with zero attached hydrogens (tertiary/aromatic N) is 3. The van der Waals surface area contributed by atoms with E-state index in [2.05, 4.69) is 58.5 Å². The quantitative estimate of drug-likeness (QED) is 0.727. The van der Waals surface area contributed by atoms with Crippen molar-refractivity contribution in [2.45, 2.75) is 19.5 Å². The van der Waals surface area contributed by atoms with Gasteiger partial charge in [-0.25, -0.2) is 0 Å². The average Bonchev–Trinajstić information content (AvgIpc) is 2.95. The first-order chi connectivity index (χ1) is 9.74. The lowest BCUT2D eigenvalue weighted by atomic mass is 10.1. The molecule has 0 aliphatic heterocycles.